The van der Waals surface area contributed by atoms with Crippen molar-refractivity contribution < 1.29 is 21.9 Å². The first-order chi connectivity index (χ1) is 7.18. The molecule has 16 heavy (non-hydrogen) atoms. The normalized spacial score (nSPS) is 19.6. The van der Waals surface area contributed by atoms with Crippen LogP contribution in [0, 0.1) is 5.41 Å². The Bertz CT molecular complexity index is 435. The number of aliphatic hydroxyl groups excluding tert-OH is 1. The second-order valence-electron chi connectivity index (χ2n) is 4.45. The number of sulfonamides is 1. The molecule has 0 amide bonds. The predicted molar refractivity (Wildman–Crippen MR) is 60.0 cm³/mol. The average molecular weight is 271 g/mol. The Morgan fingerprint density at radius 3 is 2.19 bits per heavy atom. The van der Waals surface area contributed by atoms with E-state index in [1.54, 1.807) is 0 Å². The first kappa shape index (κ1) is 13.9. The third kappa shape index (κ3) is 4.77. The highest BCUT2D eigenvalue weighted by molar-refractivity contribution is 8.06. The lowest BCUT2D eigenvalue weighted by atomic mass is 10.0. The summed E-state index contributed by atoms with van der Waals surface area (Å²) in [5.74, 6) is 0. The summed E-state index contributed by atoms with van der Waals surface area (Å²) in [6, 6.07) is 0. The number of hydrogen-bond acceptors (Lipinski definition) is 5. The minimum atomic E-state index is -3.77. The van der Waals surface area contributed by atoms with E-state index in [1.807, 2.05) is 0 Å². The van der Waals surface area contributed by atoms with Gasteiger partial charge in [0, 0.05) is 19.4 Å². The molecule has 0 aliphatic heterocycles. The highest BCUT2D eigenvalue weighted by Gasteiger charge is 2.42. The van der Waals surface area contributed by atoms with Crippen molar-refractivity contribution in [1.29, 1.82) is 0 Å². The molecule has 0 spiro atoms. The summed E-state index contributed by atoms with van der Waals surface area (Å²) in [5, 5.41) is 7.90. The maximum absolute atomic E-state index is 11.4. The molecule has 6 nitrogen and oxygen atoms in total. The summed E-state index contributed by atoms with van der Waals surface area (Å²) in [5.41, 5.74) is -0.153. The van der Waals surface area contributed by atoms with E-state index < -0.39 is 24.9 Å². The van der Waals surface area contributed by atoms with E-state index in [4.69, 9.17) is 5.11 Å². The molecule has 0 radical (unpaired) electrons. The van der Waals surface area contributed by atoms with Crippen molar-refractivity contribution in [3.8, 4) is 0 Å². The molecule has 1 saturated carbocycles. The Morgan fingerprint density at radius 1 is 1.25 bits per heavy atom. The number of nitrogens with one attached hydrogen (secondary N) is 1. The zero-order valence-electron chi connectivity index (χ0n) is 9.14. The fourth-order valence-corrected chi connectivity index (χ4v) is 4.63. The lowest BCUT2D eigenvalue weighted by molar-refractivity contribution is 0.249. The zero-order valence-corrected chi connectivity index (χ0v) is 10.8. The van der Waals surface area contributed by atoms with Crippen molar-refractivity contribution in [2.75, 3.05) is 24.5 Å². The third-order valence-electron chi connectivity index (χ3n) is 2.64. The van der Waals surface area contributed by atoms with E-state index in [-0.39, 0.29) is 18.6 Å². The van der Waals surface area contributed by atoms with Crippen molar-refractivity contribution in [2.45, 2.75) is 19.3 Å². The fourth-order valence-electron chi connectivity index (χ4n) is 1.52. The van der Waals surface area contributed by atoms with Crippen molar-refractivity contribution in [3.63, 3.8) is 0 Å². The van der Waals surface area contributed by atoms with Gasteiger partial charge in [-0.3, -0.25) is 0 Å². The Morgan fingerprint density at radius 2 is 1.81 bits per heavy atom. The summed E-state index contributed by atoms with van der Waals surface area (Å²) >= 11 is 0. The van der Waals surface area contributed by atoms with Crippen LogP contribution in [0.15, 0.2) is 0 Å². The number of aliphatic hydroxyl groups is 1. The lowest BCUT2D eigenvalue weighted by Crippen LogP contribution is -2.34. The van der Waals surface area contributed by atoms with Gasteiger partial charge in [-0.15, -0.1) is 0 Å². The van der Waals surface area contributed by atoms with Crippen LogP contribution in [0.1, 0.15) is 19.3 Å². The Labute approximate surface area is 96.0 Å². The zero-order chi connectivity index (χ0) is 12.4. The van der Waals surface area contributed by atoms with E-state index >= 15 is 0 Å². The Kier molecular flexibility index (Phi) is 3.99. The number of hydrogen-bond donors (Lipinski definition) is 2. The van der Waals surface area contributed by atoms with Crippen LogP contribution in [-0.4, -0.2) is 46.4 Å². The predicted octanol–water partition coefficient (Wildman–Crippen LogP) is -0.929. The quantitative estimate of drug-likeness (QED) is 0.623. The molecule has 0 unspecified atom stereocenters. The largest absolute Gasteiger partial charge is 0.396 e. The van der Waals surface area contributed by atoms with Crippen LogP contribution in [0.4, 0.5) is 0 Å². The van der Waals surface area contributed by atoms with E-state index in [2.05, 4.69) is 4.72 Å². The summed E-state index contributed by atoms with van der Waals surface area (Å²) in [6.45, 7) is 0.235. The molecule has 0 aromatic rings. The van der Waals surface area contributed by atoms with Gasteiger partial charge in [0.2, 0.25) is 10.0 Å². The first-order valence-electron chi connectivity index (χ1n) is 4.94. The van der Waals surface area contributed by atoms with E-state index in [9.17, 15) is 16.8 Å². The van der Waals surface area contributed by atoms with Crippen molar-refractivity contribution in [3.05, 3.63) is 0 Å². The maximum Gasteiger partial charge on any atom is 0.226 e. The first-order valence-corrected chi connectivity index (χ1v) is 8.65. The number of rotatable bonds is 7. The molecule has 1 fully saturated rings. The van der Waals surface area contributed by atoms with Crippen LogP contribution in [0.3, 0.4) is 0 Å². The molecule has 2 N–H and O–H groups in total. The van der Waals surface area contributed by atoms with Gasteiger partial charge in [-0.1, -0.05) is 0 Å². The average Bonchev–Trinajstić information content (AvgIpc) is 2.79. The van der Waals surface area contributed by atoms with Gasteiger partial charge in [0.25, 0.3) is 0 Å². The SMILES string of the molecule is CS(=O)(=O)CS(=O)(=O)NCC1(CCO)CC1. The second kappa shape index (κ2) is 4.59. The maximum atomic E-state index is 11.4. The van der Waals surface area contributed by atoms with E-state index in [0.717, 1.165) is 19.1 Å². The van der Waals surface area contributed by atoms with Gasteiger partial charge in [0.1, 0.15) is 0 Å². The molecular formula is C8H17NO5S2. The molecule has 0 heterocycles. The van der Waals surface area contributed by atoms with Crippen molar-refractivity contribution >= 4 is 19.9 Å². The van der Waals surface area contributed by atoms with Gasteiger partial charge in [0.05, 0.1) is 0 Å². The highest BCUT2D eigenvalue weighted by Crippen LogP contribution is 2.47. The van der Waals surface area contributed by atoms with Crippen LogP contribution in [0.2, 0.25) is 0 Å². The highest BCUT2D eigenvalue weighted by atomic mass is 32.3. The van der Waals surface area contributed by atoms with Crippen LogP contribution in [0.5, 0.6) is 0 Å². The second-order valence-corrected chi connectivity index (χ2v) is 8.77. The summed E-state index contributed by atoms with van der Waals surface area (Å²) in [4.78, 5) is 0. The monoisotopic (exact) mass is 271 g/mol. The van der Waals surface area contributed by atoms with Gasteiger partial charge in [0.15, 0.2) is 14.9 Å². The standard InChI is InChI=1S/C8H17NO5S2/c1-15(11,12)7-16(13,14)9-6-8(2-3-8)4-5-10/h9-10H,2-7H2,1H3. The van der Waals surface area contributed by atoms with E-state index in [0.29, 0.717) is 6.42 Å². The van der Waals surface area contributed by atoms with Crippen LogP contribution in [0.25, 0.3) is 0 Å². The molecule has 1 aliphatic carbocycles. The van der Waals surface area contributed by atoms with Gasteiger partial charge in [-0.05, 0) is 24.7 Å². The van der Waals surface area contributed by atoms with Gasteiger partial charge < -0.3 is 5.11 Å². The van der Waals surface area contributed by atoms with Gasteiger partial charge in [-0.2, -0.15) is 0 Å². The summed E-state index contributed by atoms with van der Waals surface area (Å²) in [7, 11) is -7.31. The van der Waals surface area contributed by atoms with E-state index in [1.165, 1.54) is 0 Å². The molecule has 96 valence electrons. The smallest absolute Gasteiger partial charge is 0.226 e. The molecule has 8 heteroatoms. The Hall–Kier alpha value is -0.180. The van der Waals surface area contributed by atoms with Gasteiger partial charge >= 0.3 is 0 Å². The summed E-state index contributed by atoms with van der Waals surface area (Å²) < 4.78 is 46.7. The van der Waals surface area contributed by atoms with Crippen LogP contribution in [-0.2, 0) is 19.9 Å². The van der Waals surface area contributed by atoms with Crippen LogP contribution >= 0.6 is 0 Å². The minimum Gasteiger partial charge on any atom is -0.396 e. The Balaban J connectivity index is 2.49. The molecule has 0 aromatic heterocycles. The topological polar surface area (TPSA) is 101 Å². The summed E-state index contributed by atoms with van der Waals surface area (Å²) in [6.07, 6.45) is 3.17. The minimum absolute atomic E-state index is 0.0216. The molecule has 0 bridgehead atoms. The van der Waals surface area contributed by atoms with Crippen molar-refractivity contribution in [2.24, 2.45) is 5.41 Å². The van der Waals surface area contributed by atoms with Crippen molar-refractivity contribution in [1.82, 2.24) is 4.72 Å². The third-order valence-corrected chi connectivity index (χ3v) is 6.17. The van der Waals surface area contributed by atoms with Gasteiger partial charge in [-0.25, -0.2) is 21.6 Å². The number of sulfone groups is 1. The molecule has 0 saturated heterocycles. The lowest BCUT2D eigenvalue weighted by Gasteiger charge is -2.14. The molecule has 1 rings (SSSR count). The fraction of sp³-hybridized carbons (Fsp3) is 1.00. The molecule has 1 aliphatic rings. The van der Waals surface area contributed by atoms with Crippen LogP contribution < -0.4 is 4.72 Å². The molecule has 0 atom stereocenters. The molecular weight excluding hydrogens is 254 g/mol. The molecule has 0 aromatic carbocycles.